The predicted molar refractivity (Wildman–Crippen MR) is 122 cm³/mol. The Morgan fingerprint density at radius 2 is 1.87 bits per heavy atom. The molecule has 1 aliphatic heterocycles. The Bertz CT molecular complexity index is 842. The minimum Gasteiger partial charge on any atom is -0.496 e. The van der Waals surface area contributed by atoms with Gasteiger partial charge in [-0.2, -0.15) is 0 Å². The number of hydrogen-bond acceptors (Lipinski definition) is 5. The molecule has 6 heteroatoms. The van der Waals surface area contributed by atoms with Crippen molar-refractivity contribution in [3.8, 4) is 11.5 Å². The Labute approximate surface area is 186 Å². The zero-order valence-electron chi connectivity index (χ0n) is 19.4. The second-order valence-electron chi connectivity index (χ2n) is 9.23. The number of amides is 1. The number of nitrogens with zero attached hydrogens (tertiary/aromatic N) is 2. The number of piperidine rings is 1. The Morgan fingerprint density at radius 1 is 1.16 bits per heavy atom. The fraction of sp³-hybridized carbons (Fsp3) is 0.520. The van der Waals surface area contributed by atoms with Crippen LogP contribution >= 0.6 is 0 Å². The molecule has 168 valence electrons. The van der Waals surface area contributed by atoms with Gasteiger partial charge in [0.15, 0.2) is 0 Å². The van der Waals surface area contributed by atoms with E-state index in [0.29, 0.717) is 0 Å². The van der Waals surface area contributed by atoms with Crippen LogP contribution in [0, 0.1) is 11.3 Å². The van der Waals surface area contributed by atoms with Gasteiger partial charge in [-0.25, -0.2) is 0 Å². The molecule has 0 spiro atoms. The summed E-state index contributed by atoms with van der Waals surface area (Å²) in [4.78, 5) is 19.8. The predicted octanol–water partition coefficient (Wildman–Crippen LogP) is 4.21. The average Bonchev–Trinajstić information content (AvgIpc) is 2.77. The number of aromatic nitrogens is 1. The van der Waals surface area contributed by atoms with E-state index in [1.807, 2.05) is 57.2 Å². The molecule has 31 heavy (non-hydrogen) atoms. The summed E-state index contributed by atoms with van der Waals surface area (Å²) < 4.78 is 11.2. The van der Waals surface area contributed by atoms with Crippen molar-refractivity contribution < 1.29 is 14.3 Å². The molecule has 1 N–H and O–H groups in total. The highest BCUT2D eigenvalue weighted by molar-refractivity contribution is 5.81. The van der Waals surface area contributed by atoms with E-state index in [9.17, 15) is 4.79 Å². The molecule has 0 saturated carbocycles. The highest BCUT2D eigenvalue weighted by Gasteiger charge is 2.33. The number of carbonyl (C=O) groups excluding carboxylic acids is 1. The number of rotatable bonds is 7. The largest absolute Gasteiger partial charge is 0.496 e. The van der Waals surface area contributed by atoms with Gasteiger partial charge >= 0.3 is 0 Å². The van der Waals surface area contributed by atoms with Crippen molar-refractivity contribution in [1.29, 1.82) is 0 Å². The van der Waals surface area contributed by atoms with Gasteiger partial charge in [-0.15, -0.1) is 0 Å². The summed E-state index contributed by atoms with van der Waals surface area (Å²) in [6.45, 7) is 8.44. The van der Waals surface area contributed by atoms with Gasteiger partial charge in [0.25, 0.3) is 0 Å². The second-order valence-corrected chi connectivity index (χ2v) is 9.23. The monoisotopic (exact) mass is 425 g/mol. The smallest absolute Gasteiger partial charge is 0.225 e. The van der Waals surface area contributed by atoms with Gasteiger partial charge in [-0.3, -0.25) is 14.7 Å². The molecular formula is C25H35N3O3. The molecule has 0 unspecified atom stereocenters. The van der Waals surface area contributed by atoms with Crippen molar-refractivity contribution in [2.75, 3.05) is 27.3 Å². The van der Waals surface area contributed by atoms with Gasteiger partial charge in [-0.05, 0) is 49.6 Å². The van der Waals surface area contributed by atoms with E-state index in [2.05, 4.69) is 15.2 Å². The number of hydrogen-bond donors (Lipinski definition) is 1. The Hall–Kier alpha value is -2.60. The van der Waals surface area contributed by atoms with Crippen molar-refractivity contribution in [2.24, 2.45) is 11.3 Å². The minimum atomic E-state index is -0.452. The summed E-state index contributed by atoms with van der Waals surface area (Å²) in [6.07, 6.45) is 3.91. The maximum atomic E-state index is 12.8. The van der Waals surface area contributed by atoms with Crippen molar-refractivity contribution >= 4 is 5.91 Å². The molecule has 3 rings (SSSR count). The third-order valence-electron chi connectivity index (χ3n) is 5.90. The first-order chi connectivity index (χ1) is 14.8. The number of ether oxygens (including phenoxy) is 2. The topological polar surface area (TPSA) is 63.7 Å². The van der Waals surface area contributed by atoms with Gasteiger partial charge in [0.05, 0.1) is 31.5 Å². The molecule has 0 aliphatic carbocycles. The van der Waals surface area contributed by atoms with Crippen LogP contribution in [0.25, 0.3) is 0 Å². The van der Waals surface area contributed by atoms with Crippen LogP contribution in [0.2, 0.25) is 0 Å². The van der Waals surface area contributed by atoms with Gasteiger partial charge in [0.1, 0.15) is 11.5 Å². The van der Waals surface area contributed by atoms with Gasteiger partial charge < -0.3 is 14.8 Å². The molecule has 0 bridgehead atoms. The summed E-state index contributed by atoms with van der Waals surface area (Å²) in [6, 6.07) is 11.7. The maximum Gasteiger partial charge on any atom is 0.225 e. The lowest BCUT2D eigenvalue weighted by molar-refractivity contribution is -0.130. The minimum absolute atomic E-state index is 0.0478. The zero-order chi connectivity index (χ0) is 22.4. The standard InChI is InChI=1S/C25H35N3O3/c1-25(2,3)24(29)27-23(20-11-6-7-14-26-20)18-10-9-15-28(16-18)17-19-21(30-4)12-8-13-22(19)31-5/h6-8,11-14,18,23H,9-10,15-17H2,1-5H3,(H,27,29)/t18-,23-/m0/s1. The summed E-state index contributed by atoms with van der Waals surface area (Å²) in [5.74, 6) is 2.00. The number of pyridine rings is 1. The number of nitrogens with one attached hydrogen (secondary N) is 1. The SMILES string of the molecule is COc1cccc(OC)c1CN1CCC[C@H]([C@H](NC(=O)C(C)(C)C)c2ccccn2)C1. The van der Waals surface area contributed by atoms with Crippen LogP contribution in [0.5, 0.6) is 11.5 Å². The third kappa shape index (κ3) is 5.76. The first-order valence-electron chi connectivity index (χ1n) is 11.0. The molecule has 1 aromatic carbocycles. The molecular weight excluding hydrogens is 390 g/mol. The van der Waals surface area contributed by atoms with Gasteiger partial charge in [-0.1, -0.05) is 32.9 Å². The molecule has 1 saturated heterocycles. The Balaban J connectivity index is 1.82. The molecule has 1 fully saturated rings. The van der Waals surface area contributed by atoms with E-state index in [1.165, 1.54) is 0 Å². The van der Waals surface area contributed by atoms with Crippen molar-refractivity contribution in [2.45, 2.75) is 46.2 Å². The van der Waals surface area contributed by atoms with Crippen molar-refractivity contribution in [1.82, 2.24) is 15.2 Å². The number of benzene rings is 1. The zero-order valence-corrected chi connectivity index (χ0v) is 19.4. The lowest BCUT2D eigenvalue weighted by Crippen LogP contribution is -2.45. The van der Waals surface area contributed by atoms with Crippen LogP contribution < -0.4 is 14.8 Å². The first kappa shape index (κ1) is 23.1. The van der Waals surface area contributed by atoms with Crippen LogP contribution in [-0.2, 0) is 11.3 Å². The fourth-order valence-corrected chi connectivity index (χ4v) is 4.17. The molecule has 2 atom stereocenters. The Kier molecular flexibility index (Phi) is 7.55. The fourth-order valence-electron chi connectivity index (χ4n) is 4.17. The van der Waals surface area contributed by atoms with Crippen LogP contribution in [0.3, 0.4) is 0 Å². The summed E-state index contributed by atoms with van der Waals surface area (Å²) >= 11 is 0. The summed E-state index contributed by atoms with van der Waals surface area (Å²) in [5.41, 5.74) is 1.52. The number of methoxy groups -OCH3 is 2. The Morgan fingerprint density at radius 3 is 2.45 bits per heavy atom. The number of likely N-dealkylation sites (tertiary alicyclic amines) is 1. The lowest BCUT2D eigenvalue weighted by Gasteiger charge is -2.38. The normalized spacial score (nSPS) is 18.3. The van der Waals surface area contributed by atoms with E-state index in [4.69, 9.17) is 9.47 Å². The average molecular weight is 426 g/mol. The van der Waals surface area contributed by atoms with Crippen LogP contribution in [-0.4, -0.2) is 43.1 Å². The lowest BCUT2D eigenvalue weighted by atomic mass is 9.86. The van der Waals surface area contributed by atoms with E-state index in [-0.39, 0.29) is 17.9 Å². The van der Waals surface area contributed by atoms with E-state index in [1.54, 1.807) is 20.4 Å². The van der Waals surface area contributed by atoms with Crippen molar-refractivity contribution in [3.63, 3.8) is 0 Å². The van der Waals surface area contributed by atoms with Crippen molar-refractivity contribution in [3.05, 3.63) is 53.9 Å². The summed E-state index contributed by atoms with van der Waals surface area (Å²) in [5, 5.41) is 3.30. The molecule has 2 aromatic rings. The van der Waals surface area contributed by atoms with E-state index >= 15 is 0 Å². The third-order valence-corrected chi connectivity index (χ3v) is 5.90. The molecule has 0 radical (unpaired) electrons. The van der Waals surface area contributed by atoms with Crippen LogP contribution in [0.15, 0.2) is 42.6 Å². The van der Waals surface area contributed by atoms with E-state index < -0.39 is 5.41 Å². The van der Waals surface area contributed by atoms with Gasteiger partial charge in [0.2, 0.25) is 5.91 Å². The van der Waals surface area contributed by atoms with Crippen LogP contribution in [0.1, 0.15) is 50.9 Å². The summed E-state index contributed by atoms with van der Waals surface area (Å²) in [7, 11) is 3.38. The molecule has 1 amide bonds. The molecule has 1 aliphatic rings. The first-order valence-corrected chi connectivity index (χ1v) is 11.0. The van der Waals surface area contributed by atoms with Gasteiger partial charge in [0, 0.05) is 24.7 Å². The number of carbonyl (C=O) groups is 1. The highest BCUT2D eigenvalue weighted by Crippen LogP contribution is 2.34. The highest BCUT2D eigenvalue weighted by atomic mass is 16.5. The molecule has 6 nitrogen and oxygen atoms in total. The maximum absolute atomic E-state index is 12.8. The van der Waals surface area contributed by atoms with Crippen LogP contribution in [0.4, 0.5) is 0 Å². The second kappa shape index (κ2) is 10.1. The quantitative estimate of drug-likeness (QED) is 0.720. The molecule has 1 aromatic heterocycles. The molecule has 2 heterocycles. The van der Waals surface area contributed by atoms with E-state index in [0.717, 1.165) is 55.2 Å².